The molecule has 2 aromatic rings. The maximum atomic E-state index is 8.51. The van der Waals surface area contributed by atoms with Gasteiger partial charge in [-0.05, 0) is 24.3 Å². The topological polar surface area (TPSA) is 80.7 Å². The third kappa shape index (κ3) is 3.27. The number of ether oxygens (including phenoxy) is 1. The molecule has 0 aliphatic heterocycles. The van der Waals surface area contributed by atoms with Crippen LogP contribution < -0.4 is 10.5 Å². The summed E-state index contributed by atoms with van der Waals surface area (Å²) in [5.41, 5.74) is 5.75. The Bertz CT molecular complexity index is 615. The monoisotopic (exact) mass is 297 g/mol. The van der Waals surface area contributed by atoms with Crippen LogP contribution in [0.3, 0.4) is 0 Å². The van der Waals surface area contributed by atoms with Crippen molar-refractivity contribution in [3.63, 3.8) is 0 Å². The molecule has 19 heavy (non-hydrogen) atoms. The molecule has 0 aliphatic rings. The van der Waals surface area contributed by atoms with Crippen molar-refractivity contribution in [2.24, 2.45) is 10.9 Å². The lowest BCUT2D eigenvalue weighted by Crippen LogP contribution is -2.14. The number of rotatable bonds is 3. The molecule has 3 N–H and O–H groups in total. The van der Waals surface area contributed by atoms with Crippen LogP contribution in [-0.4, -0.2) is 16.0 Å². The van der Waals surface area contributed by atoms with E-state index in [1.54, 1.807) is 30.3 Å². The van der Waals surface area contributed by atoms with Crippen molar-refractivity contribution in [1.82, 2.24) is 4.98 Å². The van der Waals surface area contributed by atoms with Crippen molar-refractivity contribution in [2.75, 3.05) is 0 Å². The Morgan fingerprint density at radius 1 is 1.16 bits per heavy atom. The van der Waals surface area contributed by atoms with Crippen molar-refractivity contribution in [2.45, 2.75) is 0 Å². The second-order valence-corrected chi connectivity index (χ2v) is 4.36. The minimum atomic E-state index is -0.0684. The summed E-state index contributed by atoms with van der Waals surface area (Å²) in [6.07, 6.45) is 1.45. The summed E-state index contributed by atoms with van der Waals surface area (Å²) in [5.74, 6) is 0.960. The molecule has 98 valence electrons. The molecule has 0 saturated carbocycles. The smallest absolute Gasteiger partial charge is 0.188 e. The Hall–Kier alpha value is -1.98. The summed E-state index contributed by atoms with van der Waals surface area (Å²) < 4.78 is 5.53. The van der Waals surface area contributed by atoms with Gasteiger partial charge in [-0.15, -0.1) is 0 Å². The first-order chi connectivity index (χ1) is 9.10. The first-order valence-corrected chi connectivity index (χ1v) is 5.92. The molecular formula is C12H9Cl2N3O2. The van der Waals surface area contributed by atoms with Gasteiger partial charge in [0.2, 0.25) is 0 Å². The highest BCUT2D eigenvalue weighted by Gasteiger charge is 2.04. The van der Waals surface area contributed by atoms with Gasteiger partial charge in [-0.25, -0.2) is 4.98 Å². The molecule has 0 spiro atoms. The Balaban J connectivity index is 2.17. The molecule has 7 heteroatoms. The predicted molar refractivity (Wildman–Crippen MR) is 73.3 cm³/mol. The minimum absolute atomic E-state index is 0.0684. The molecule has 0 unspecified atom stereocenters. The standard InChI is InChI=1S/C12H9Cl2N3O2/c13-9-3-1-7(5-10(9)14)19-8-2-4-11(16-6-8)12(15)17-18/h1-6,18H,(H2,15,17). The summed E-state index contributed by atoms with van der Waals surface area (Å²) in [6.45, 7) is 0. The van der Waals surface area contributed by atoms with Gasteiger partial charge in [-0.3, -0.25) is 0 Å². The zero-order valence-corrected chi connectivity index (χ0v) is 11.1. The summed E-state index contributed by atoms with van der Waals surface area (Å²) in [7, 11) is 0. The lowest BCUT2D eigenvalue weighted by Gasteiger charge is -2.06. The van der Waals surface area contributed by atoms with Crippen LogP contribution >= 0.6 is 23.2 Å². The van der Waals surface area contributed by atoms with Crippen LogP contribution in [0.2, 0.25) is 10.0 Å². The van der Waals surface area contributed by atoms with Gasteiger partial charge in [0.05, 0.1) is 16.2 Å². The molecule has 1 heterocycles. The zero-order chi connectivity index (χ0) is 13.8. The van der Waals surface area contributed by atoms with Gasteiger partial charge in [-0.1, -0.05) is 28.4 Å². The molecule has 2 rings (SSSR count). The fourth-order valence-electron chi connectivity index (χ4n) is 1.32. The molecule has 0 bridgehead atoms. The molecule has 5 nitrogen and oxygen atoms in total. The summed E-state index contributed by atoms with van der Waals surface area (Å²) >= 11 is 11.7. The van der Waals surface area contributed by atoms with Crippen molar-refractivity contribution in [3.05, 3.63) is 52.3 Å². The quantitative estimate of drug-likeness (QED) is 0.394. The molecule has 0 atom stereocenters. The number of amidine groups is 1. The fraction of sp³-hybridized carbons (Fsp3) is 0. The third-order valence-corrected chi connectivity index (χ3v) is 2.97. The number of aromatic nitrogens is 1. The van der Waals surface area contributed by atoms with Gasteiger partial charge in [0.25, 0.3) is 0 Å². The maximum Gasteiger partial charge on any atom is 0.188 e. The van der Waals surface area contributed by atoms with Gasteiger partial charge >= 0.3 is 0 Å². The van der Waals surface area contributed by atoms with Crippen LogP contribution in [0.25, 0.3) is 0 Å². The number of nitrogens with two attached hydrogens (primary N) is 1. The van der Waals surface area contributed by atoms with E-state index in [1.165, 1.54) is 6.20 Å². The fourth-order valence-corrected chi connectivity index (χ4v) is 1.61. The number of hydrogen-bond donors (Lipinski definition) is 2. The van der Waals surface area contributed by atoms with Crippen molar-refractivity contribution in [1.29, 1.82) is 0 Å². The van der Waals surface area contributed by atoms with Crippen LogP contribution in [0, 0.1) is 0 Å². The van der Waals surface area contributed by atoms with Gasteiger partial charge in [-0.2, -0.15) is 0 Å². The highest BCUT2D eigenvalue weighted by molar-refractivity contribution is 6.42. The van der Waals surface area contributed by atoms with Gasteiger partial charge in [0.1, 0.15) is 17.2 Å². The number of pyridine rings is 1. The lowest BCUT2D eigenvalue weighted by atomic mass is 10.3. The number of oxime groups is 1. The highest BCUT2D eigenvalue weighted by atomic mass is 35.5. The van der Waals surface area contributed by atoms with Gasteiger partial charge in [0, 0.05) is 6.07 Å². The second kappa shape index (κ2) is 5.77. The van der Waals surface area contributed by atoms with Crippen LogP contribution in [0.5, 0.6) is 11.5 Å². The Morgan fingerprint density at radius 2 is 1.89 bits per heavy atom. The molecule has 0 aliphatic carbocycles. The Labute approximate surface area is 119 Å². The van der Waals surface area contributed by atoms with Crippen LogP contribution in [0.15, 0.2) is 41.7 Å². The highest BCUT2D eigenvalue weighted by Crippen LogP contribution is 2.29. The summed E-state index contributed by atoms with van der Waals surface area (Å²) in [4.78, 5) is 3.99. The minimum Gasteiger partial charge on any atom is -0.456 e. The molecule has 0 amide bonds. The van der Waals surface area contributed by atoms with E-state index in [9.17, 15) is 0 Å². The lowest BCUT2D eigenvalue weighted by molar-refractivity contribution is 0.318. The van der Waals surface area contributed by atoms with E-state index in [-0.39, 0.29) is 5.84 Å². The second-order valence-electron chi connectivity index (χ2n) is 3.54. The van der Waals surface area contributed by atoms with E-state index in [2.05, 4.69) is 10.1 Å². The van der Waals surface area contributed by atoms with Crippen molar-refractivity contribution in [3.8, 4) is 11.5 Å². The van der Waals surface area contributed by atoms with E-state index in [4.69, 9.17) is 38.9 Å². The number of nitrogens with zero attached hydrogens (tertiary/aromatic N) is 2. The van der Waals surface area contributed by atoms with Crippen LogP contribution in [0.4, 0.5) is 0 Å². The van der Waals surface area contributed by atoms with Crippen LogP contribution in [0.1, 0.15) is 5.69 Å². The summed E-state index contributed by atoms with van der Waals surface area (Å²) in [5, 5.41) is 12.2. The molecule has 0 fully saturated rings. The van der Waals surface area contributed by atoms with E-state index < -0.39 is 0 Å². The largest absolute Gasteiger partial charge is 0.456 e. The van der Waals surface area contributed by atoms with Crippen molar-refractivity contribution < 1.29 is 9.94 Å². The Morgan fingerprint density at radius 3 is 2.47 bits per heavy atom. The Kier molecular flexibility index (Phi) is 4.09. The SMILES string of the molecule is N/C(=N/O)c1ccc(Oc2ccc(Cl)c(Cl)c2)cn1. The first-order valence-electron chi connectivity index (χ1n) is 5.17. The molecule has 1 aromatic carbocycles. The third-order valence-electron chi connectivity index (χ3n) is 2.23. The summed E-state index contributed by atoms with van der Waals surface area (Å²) in [6, 6.07) is 8.13. The first kappa shape index (κ1) is 13.5. The average molecular weight is 298 g/mol. The van der Waals surface area contributed by atoms with E-state index in [0.29, 0.717) is 27.2 Å². The van der Waals surface area contributed by atoms with Gasteiger partial charge in [0.15, 0.2) is 5.84 Å². The number of benzene rings is 1. The molecule has 1 aromatic heterocycles. The predicted octanol–water partition coefficient (Wildman–Crippen LogP) is 3.28. The number of hydrogen-bond acceptors (Lipinski definition) is 4. The zero-order valence-electron chi connectivity index (χ0n) is 9.55. The molecule has 0 saturated heterocycles. The van der Waals surface area contributed by atoms with E-state index >= 15 is 0 Å². The normalized spacial score (nSPS) is 11.4. The van der Waals surface area contributed by atoms with Crippen molar-refractivity contribution >= 4 is 29.0 Å². The van der Waals surface area contributed by atoms with Gasteiger partial charge < -0.3 is 15.7 Å². The van der Waals surface area contributed by atoms with E-state index in [1.807, 2.05) is 0 Å². The molecular weight excluding hydrogens is 289 g/mol. The molecule has 0 radical (unpaired) electrons. The van der Waals surface area contributed by atoms with Crippen LogP contribution in [-0.2, 0) is 0 Å². The number of halogens is 2. The van der Waals surface area contributed by atoms with E-state index in [0.717, 1.165) is 0 Å². The maximum absolute atomic E-state index is 8.51. The average Bonchev–Trinajstić information content (AvgIpc) is 2.43.